The van der Waals surface area contributed by atoms with E-state index >= 15 is 0 Å². The number of hydrogen-bond donors (Lipinski definition) is 0. The fourth-order valence-corrected chi connectivity index (χ4v) is 2.75. The van der Waals surface area contributed by atoms with Crippen LogP contribution in [0.2, 0.25) is 0 Å². The van der Waals surface area contributed by atoms with Crippen LogP contribution in [0.1, 0.15) is 19.5 Å². The Morgan fingerprint density at radius 3 is 2.17 bits per heavy atom. The van der Waals surface area contributed by atoms with Crippen molar-refractivity contribution >= 4 is 21.8 Å². The summed E-state index contributed by atoms with van der Waals surface area (Å²) in [4.78, 5) is 9.65. The molecule has 0 atom stereocenters. The van der Waals surface area contributed by atoms with Gasteiger partial charge in [0, 0.05) is 10.9 Å². The molecule has 0 saturated carbocycles. The normalized spacial score (nSPS) is 10.4. The molecule has 0 fully saturated rings. The largest absolute Gasteiger partial charge is 0.249 e. The Balaban J connectivity index is 0.000000753. The van der Waals surface area contributed by atoms with Crippen molar-refractivity contribution in [2.45, 2.75) is 20.8 Å². The van der Waals surface area contributed by atoms with Crippen LogP contribution in [0.4, 0.5) is 0 Å². The van der Waals surface area contributed by atoms with Crippen molar-refractivity contribution in [3.8, 4) is 11.3 Å². The van der Waals surface area contributed by atoms with E-state index in [0.717, 1.165) is 33.4 Å². The van der Waals surface area contributed by atoms with E-state index in [-0.39, 0.29) is 0 Å². The molecule has 114 valence electrons. The predicted octanol–water partition coefficient (Wildman–Crippen LogP) is 5.78. The molecule has 0 aliphatic carbocycles. The van der Waals surface area contributed by atoms with Crippen molar-refractivity contribution < 1.29 is 0 Å². The van der Waals surface area contributed by atoms with Crippen LogP contribution in [0.5, 0.6) is 0 Å². The Bertz CT molecular complexity index is 944. The van der Waals surface area contributed by atoms with Gasteiger partial charge in [-0.2, -0.15) is 0 Å². The van der Waals surface area contributed by atoms with E-state index in [1.807, 2.05) is 57.2 Å². The summed E-state index contributed by atoms with van der Waals surface area (Å²) in [6.45, 7) is 6.02. The van der Waals surface area contributed by atoms with E-state index in [0.29, 0.717) is 0 Å². The molecule has 0 radical (unpaired) electrons. The van der Waals surface area contributed by atoms with Crippen LogP contribution in [0.15, 0.2) is 66.7 Å². The van der Waals surface area contributed by atoms with E-state index in [1.54, 1.807) is 0 Å². The summed E-state index contributed by atoms with van der Waals surface area (Å²) in [5, 5.41) is 2.35. The zero-order valence-electron chi connectivity index (χ0n) is 13.7. The Morgan fingerprint density at radius 2 is 1.39 bits per heavy atom. The molecule has 23 heavy (non-hydrogen) atoms. The standard InChI is InChI=1S/C19H14N2.C2H6/c1-13-18(15-8-3-2-4-9-15)21-19-16-10-6-5-7-14(16)11-12-17(19)20-13;1-2/h2-12H,1H3;1-2H3. The molecule has 0 spiro atoms. The van der Waals surface area contributed by atoms with Crippen LogP contribution in [-0.4, -0.2) is 9.97 Å². The lowest BCUT2D eigenvalue weighted by molar-refractivity contribution is 1.19. The van der Waals surface area contributed by atoms with Crippen LogP contribution in [0.3, 0.4) is 0 Å². The fourth-order valence-electron chi connectivity index (χ4n) is 2.75. The predicted molar refractivity (Wildman–Crippen MR) is 98.6 cm³/mol. The summed E-state index contributed by atoms with van der Waals surface area (Å²) in [5.41, 5.74) is 4.95. The first-order valence-electron chi connectivity index (χ1n) is 8.04. The van der Waals surface area contributed by atoms with Crippen molar-refractivity contribution in [3.63, 3.8) is 0 Å². The first-order valence-corrected chi connectivity index (χ1v) is 8.04. The molecule has 0 aliphatic heterocycles. The van der Waals surface area contributed by atoms with Gasteiger partial charge in [-0.25, -0.2) is 9.97 Å². The van der Waals surface area contributed by atoms with Gasteiger partial charge in [0.2, 0.25) is 0 Å². The zero-order chi connectivity index (χ0) is 16.2. The molecule has 2 heteroatoms. The van der Waals surface area contributed by atoms with Crippen molar-refractivity contribution in [1.29, 1.82) is 0 Å². The number of aryl methyl sites for hydroxylation is 1. The van der Waals surface area contributed by atoms with Crippen LogP contribution in [0, 0.1) is 6.92 Å². The minimum absolute atomic E-state index is 0.950. The van der Waals surface area contributed by atoms with Crippen molar-refractivity contribution in [2.75, 3.05) is 0 Å². The van der Waals surface area contributed by atoms with Crippen LogP contribution in [0.25, 0.3) is 33.1 Å². The van der Waals surface area contributed by atoms with Gasteiger partial charge in [0.1, 0.15) is 0 Å². The van der Waals surface area contributed by atoms with Crippen LogP contribution < -0.4 is 0 Å². The molecule has 0 aliphatic rings. The molecular formula is C21H20N2. The maximum absolute atomic E-state index is 4.91. The maximum Gasteiger partial charge on any atom is 0.0972 e. The molecule has 0 unspecified atom stereocenters. The molecule has 3 aromatic carbocycles. The third-order valence-electron chi connectivity index (χ3n) is 3.78. The number of hydrogen-bond acceptors (Lipinski definition) is 2. The summed E-state index contributed by atoms with van der Waals surface area (Å²) in [7, 11) is 0. The lowest BCUT2D eigenvalue weighted by atomic mass is 10.1. The minimum Gasteiger partial charge on any atom is -0.249 e. The highest BCUT2D eigenvalue weighted by Gasteiger charge is 2.09. The second-order valence-electron chi connectivity index (χ2n) is 5.18. The second kappa shape index (κ2) is 6.57. The van der Waals surface area contributed by atoms with E-state index in [4.69, 9.17) is 9.97 Å². The summed E-state index contributed by atoms with van der Waals surface area (Å²) in [6, 6.07) is 22.7. The van der Waals surface area contributed by atoms with Gasteiger partial charge in [-0.05, 0) is 18.4 Å². The SMILES string of the molecule is CC.Cc1nc2ccc3ccccc3c2nc1-c1ccccc1. The van der Waals surface area contributed by atoms with Gasteiger partial charge in [-0.1, -0.05) is 74.5 Å². The second-order valence-corrected chi connectivity index (χ2v) is 5.18. The lowest BCUT2D eigenvalue weighted by Gasteiger charge is -2.08. The highest BCUT2D eigenvalue weighted by molar-refractivity contribution is 6.04. The Labute approximate surface area is 136 Å². The number of aromatic nitrogens is 2. The summed E-state index contributed by atoms with van der Waals surface area (Å²) < 4.78 is 0. The fraction of sp³-hybridized carbons (Fsp3) is 0.143. The van der Waals surface area contributed by atoms with Gasteiger partial charge in [-0.15, -0.1) is 0 Å². The molecule has 2 nitrogen and oxygen atoms in total. The van der Waals surface area contributed by atoms with E-state index in [1.165, 1.54) is 5.39 Å². The summed E-state index contributed by atoms with van der Waals surface area (Å²) >= 11 is 0. The molecule has 4 rings (SSSR count). The van der Waals surface area contributed by atoms with Gasteiger partial charge in [0.25, 0.3) is 0 Å². The van der Waals surface area contributed by atoms with Gasteiger partial charge in [-0.3, -0.25) is 0 Å². The van der Waals surface area contributed by atoms with Crippen molar-refractivity contribution in [1.82, 2.24) is 9.97 Å². The number of fused-ring (bicyclic) bond motifs is 3. The topological polar surface area (TPSA) is 25.8 Å². The third kappa shape index (κ3) is 2.80. The smallest absolute Gasteiger partial charge is 0.0972 e. The number of nitrogens with zero attached hydrogens (tertiary/aromatic N) is 2. The third-order valence-corrected chi connectivity index (χ3v) is 3.78. The molecule has 0 amide bonds. The van der Waals surface area contributed by atoms with E-state index < -0.39 is 0 Å². The first-order chi connectivity index (χ1) is 11.3. The molecule has 0 N–H and O–H groups in total. The molecular weight excluding hydrogens is 280 g/mol. The van der Waals surface area contributed by atoms with Crippen LogP contribution >= 0.6 is 0 Å². The van der Waals surface area contributed by atoms with Crippen molar-refractivity contribution in [2.24, 2.45) is 0 Å². The number of rotatable bonds is 1. The van der Waals surface area contributed by atoms with Crippen molar-refractivity contribution in [3.05, 3.63) is 72.4 Å². The first kappa shape index (κ1) is 15.2. The molecule has 0 saturated heterocycles. The van der Waals surface area contributed by atoms with Gasteiger partial charge < -0.3 is 0 Å². The minimum atomic E-state index is 0.950. The Kier molecular flexibility index (Phi) is 4.33. The molecule has 4 aromatic rings. The average Bonchev–Trinajstić information content (AvgIpc) is 2.63. The maximum atomic E-state index is 4.91. The van der Waals surface area contributed by atoms with Gasteiger partial charge in [0.15, 0.2) is 0 Å². The van der Waals surface area contributed by atoms with E-state index in [9.17, 15) is 0 Å². The monoisotopic (exact) mass is 300 g/mol. The Morgan fingerprint density at radius 1 is 0.696 bits per heavy atom. The number of benzene rings is 3. The highest BCUT2D eigenvalue weighted by Crippen LogP contribution is 2.27. The van der Waals surface area contributed by atoms with Crippen LogP contribution in [-0.2, 0) is 0 Å². The highest BCUT2D eigenvalue weighted by atomic mass is 14.8. The van der Waals surface area contributed by atoms with Gasteiger partial charge >= 0.3 is 0 Å². The molecule has 1 aromatic heterocycles. The van der Waals surface area contributed by atoms with E-state index in [2.05, 4.69) is 30.3 Å². The quantitative estimate of drug-likeness (QED) is 0.416. The zero-order valence-corrected chi connectivity index (χ0v) is 13.7. The summed E-state index contributed by atoms with van der Waals surface area (Å²) in [5.74, 6) is 0. The molecule has 1 heterocycles. The summed E-state index contributed by atoms with van der Waals surface area (Å²) in [6.07, 6.45) is 0. The molecule has 0 bridgehead atoms. The Hall–Kier alpha value is -2.74. The average molecular weight is 300 g/mol. The lowest BCUT2D eigenvalue weighted by Crippen LogP contribution is -1.95. The van der Waals surface area contributed by atoms with Gasteiger partial charge in [0.05, 0.1) is 22.4 Å².